The van der Waals surface area contributed by atoms with Gasteiger partial charge in [0.05, 0.1) is 0 Å². The van der Waals surface area contributed by atoms with Gasteiger partial charge >= 0.3 is 0 Å². The summed E-state index contributed by atoms with van der Waals surface area (Å²) in [4.78, 5) is 15.4. The van der Waals surface area contributed by atoms with Crippen LogP contribution in [-0.4, -0.2) is 31.5 Å². The Morgan fingerprint density at radius 2 is 1.38 bits per heavy atom. The number of anilines is 2. The van der Waals surface area contributed by atoms with Crippen molar-refractivity contribution >= 4 is 17.8 Å². The number of likely N-dealkylation sites (N-methyl/N-ethyl adjacent to an activating group) is 1. The maximum absolute atomic E-state index is 11.6. The molecule has 4 aromatic rings. The van der Waals surface area contributed by atoms with Crippen LogP contribution < -0.4 is 19.7 Å². The van der Waals surface area contributed by atoms with E-state index < -0.39 is 0 Å². The molecule has 0 aliphatic carbocycles. The number of para-hydroxylation sites is 1. The van der Waals surface area contributed by atoms with Crippen LogP contribution in [0.1, 0.15) is 5.56 Å². The number of rotatable bonds is 13. The molecule has 0 radical (unpaired) electrons. The predicted octanol–water partition coefficient (Wildman–Crippen LogP) is 6.54. The third-order valence-corrected chi connectivity index (χ3v) is 5.60. The maximum atomic E-state index is 11.6. The lowest BCUT2D eigenvalue weighted by molar-refractivity contribution is -0.106. The molecule has 0 aromatic heterocycles. The van der Waals surface area contributed by atoms with Crippen molar-refractivity contribution in [1.82, 2.24) is 4.90 Å². The smallest absolute Gasteiger partial charge is 0.218 e. The van der Waals surface area contributed by atoms with Crippen molar-refractivity contribution < 1.29 is 14.3 Å². The zero-order chi connectivity index (χ0) is 25.7. The number of benzene rings is 4. The zero-order valence-electron chi connectivity index (χ0n) is 20.9. The standard InChI is InChI=1S/C31H31N3O3/c1-33(24-26-8-4-2-5-9-26)22-23-36-29-18-14-28(15-19-29)34(25-35)21-20-32-27-12-16-31(17-13-27)37-30-10-6-3-7-11-30/h2-21,25,32H,22-24H2,1H3/b21-20-. The lowest BCUT2D eigenvalue weighted by atomic mass is 10.2. The fourth-order valence-electron chi connectivity index (χ4n) is 3.65. The van der Waals surface area contributed by atoms with Gasteiger partial charge in [-0.25, -0.2) is 0 Å². The Balaban J connectivity index is 1.22. The van der Waals surface area contributed by atoms with Crippen molar-refractivity contribution in [2.75, 3.05) is 30.4 Å². The summed E-state index contributed by atoms with van der Waals surface area (Å²) < 4.78 is 11.7. The van der Waals surface area contributed by atoms with Crippen LogP contribution >= 0.6 is 0 Å². The van der Waals surface area contributed by atoms with E-state index >= 15 is 0 Å². The van der Waals surface area contributed by atoms with E-state index in [4.69, 9.17) is 9.47 Å². The fraction of sp³-hybridized carbons (Fsp3) is 0.129. The molecule has 4 rings (SSSR count). The number of carbonyl (C=O) groups excluding carboxylic acids is 1. The Morgan fingerprint density at radius 3 is 2.05 bits per heavy atom. The van der Waals surface area contributed by atoms with Gasteiger partial charge in [0, 0.05) is 36.9 Å². The van der Waals surface area contributed by atoms with Crippen LogP contribution in [0.2, 0.25) is 0 Å². The first kappa shape index (κ1) is 25.5. The summed E-state index contributed by atoms with van der Waals surface area (Å²) in [6, 6.07) is 35.1. The van der Waals surface area contributed by atoms with Gasteiger partial charge in [0.1, 0.15) is 23.9 Å². The van der Waals surface area contributed by atoms with Crippen molar-refractivity contribution in [2.24, 2.45) is 0 Å². The van der Waals surface area contributed by atoms with E-state index in [1.54, 1.807) is 12.4 Å². The van der Waals surface area contributed by atoms with E-state index in [1.807, 2.05) is 84.9 Å². The van der Waals surface area contributed by atoms with E-state index in [2.05, 4.69) is 41.5 Å². The number of nitrogens with one attached hydrogen (secondary N) is 1. The molecular formula is C31H31N3O3. The quantitative estimate of drug-likeness (QED) is 0.215. The number of hydrogen-bond acceptors (Lipinski definition) is 5. The van der Waals surface area contributed by atoms with Crippen LogP contribution in [0.5, 0.6) is 17.2 Å². The molecule has 6 heteroatoms. The highest BCUT2D eigenvalue weighted by Crippen LogP contribution is 2.23. The first-order chi connectivity index (χ1) is 18.2. The van der Waals surface area contributed by atoms with E-state index in [9.17, 15) is 4.79 Å². The highest BCUT2D eigenvalue weighted by molar-refractivity contribution is 5.78. The molecule has 0 aliphatic heterocycles. The topological polar surface area (TPSA) is 54.0 Å². The zero-order valence-corrected chi connectivity index (χ0v) is 20.9. The van der Waals surface area contributed by atoms with Gasteiger partial charge in [-0.2, -0.15) is 0 Å². The van der Waals surface area contributed by atoms with Gasteiger partial charge in [0.25, 0.3) is 0 Å². The summed E-state index contributed by atoms with van der Waals surface area (Å²) in [5.74, 6) is 2.31. The molecule has 4 aromatic carbocycles. The van der Waals surface area contributed by atoms with Crippen molar-refractivity contribution in [1.29, 1.82) is 0 Å². The van der Waals surface area contributed by atoms with Gasteiger partial charge in [-0.15, -0.1) is 0 Å². The van der Waals surface area contributed by atoms with Crippen LogP contribution in [0.4, 0.5) is 11.4 Å². The second kappa shape index (κ2) is 13.5. The summed E-state index contributed by atoms with van der Waals surface area (Å²) in [7, 11) is 2.08. The van der Waals surface area contributed by atoms with E-state index in [-0.39, 0.29) is 0 Å². The maximum Gasteiger partial charge on any atom is 0.218 e. The van der Waals surface area contributed by atoms with Gasteiger partial charge in [-0.3, -0.25) is 14.6 Å². The monoisotopic (exact) mass is 493 g/mol. The summed E-state index contributed by atoms with van der Waals surface area (Å²) in [6.45, 7) is 2.27. The van der Waals surface area contributed by atoms with Crippen LogP contribution in [-0.2, 0) is 11.3 Å². The minimum absolute atomic E-state index is 0.582. The molecule has 0 saturated carbocycles. The molecular weight excluding hydrogens is 462 g/mol. The molecule has 1 amide bonds. The number of hydrogen-bond donors (Lipinski definition) is 1. The van der Waals surface area contributed by atoms with Crippen LogP contribution in [0.3, 0.4) is 0 Å². The Bertz CT molecular complexity index is 1240. The van der Waals surface area contributed by atoms with Gasteiger partial charge in [-0.05, 0) is 73.3 Å². The minimum atomic E-state index is 0.582. The molecule has 0 heterocycles. The van der Waals surface area contributed by atoms with Crippen molar-refractivity contribution in [3.05, 3.63) is 127 Å². The number of amides is 1. The highest BCUT2D eigenvalue weighted by Gasteiger charge is 2.04. The van der Waals surface area contributed by atoms with Crippen molar-refractivity contribution in [3.8, 4) is 17.2 Å². The second-order valence-corrected chi connectivity index (χ2v) is 8.48. The van der Waals surface area contributed by atoms with Crippen molar-refractivity contribution in [2.45, 2.75) is 6.54 Å². The van der Waals surface area contributed by atoms with Crippen LogP contribution in [0.15, 0.2) is 122 Å². The Labute approximate surface area is 218 Å². The molecule has 0 saturated heterocycles. The van der Waals surface area contributed by atoms with Gasteiger partial charge in [0.2, 0.25) is 6.41 Å². The average molecular weight is 494 g/mol. The Kier molecular flexibility index (Phi) is 9.33. The normalized spacial score (nSPS) is 10.9. The lowest BCUT2D eigenvalue weighted by Crippen LogP contribution is -2.23. The number of carbonyl (C=O) groups is 1. The first-order valence-electron chi connectivity index (χ1n) is 12.1. The van der Waals surface area contributed by atoms with Crippen LogP contribution in [0, 0.1) is 0 Å². The highest BCUT2D eigenvalue weighted by atomic mass is 16.5. The summed E-state index contributed by atoms with van der Waals surface area (Å²) >= 11 is 0. The van der Waals surface area contributed by atoms with Gasteiger partial charge in [-0.1, -0.05) is 48.5 Å². The minimum Gasteiger partial charge on any atom is -0.492 e. The van der Waals surface area contributed by atoms with Gasteiger partial charge < -0.3 is 14.8 Å². The van der Waals surface area contributed by atoms with Gasteiger partial charge in [0.15, 0.2) is 0 Å². The molecule has 0 atom stereocenters. The predicted molar refractivity (Wildman–Crippen MR) is 149 cm³/mol. The fourth-order valence-corrected chi connectivity index (χ4v) is 3.65. The molecule has 0 fully saturated rings. The Morgan fingerprint density at radius 1 is 0.757 bits per heavy atom. The molecule has 188 valence electrons. The lowest BCUT2D eigenvalue weighted by Gasteiger charge is -2.17. The molecule has 0 spiro atoms. The largest absolute Gasteiger partial charge is 0.492 e. The van der Waals surface area contributed by atoms with Crippen LogP contribution in [0.25, 0.3) is 0 Å². The molecule has 6 nitrogen and oxygen atoms in total. The molecule has 37 heavy (non-hydrogen) atoms. The van der Waals surface area contributed by atoms with E-state index in [0.29, 0.717) is 6.61 Å². The average Bonchev–Trinajstić information content (AvgIpc) is 2.94. The van der Waals surface area contributed by atoms with E-state index in [1.165, 1.54) is 10.5 Å². The summed E-state index contributed by atoms with van der Waals surface area (Å²) in [6.07, 6.45) is 4.16. The molecule has 0 unspecified atom stereocenters. The summed E-state index contributed by atoms with van der Waals surface area (Å²) in [5, 5.41) is 3.17. The second-order valence-electron chi connectivity index (χ2n) is 8.48. The SMILES string of the molecule is CN(CCOc1ccc(N(C=O)/C=C\Nc2ccc(Oc3ccccc3)cc2)cc1)Cc1ccccc1. The molecule has 0 aliphatic rings. The third kappa shape index (κ3) is 8.26. The molecule has 1 N–H and O–H groups in total. The third-order valence-electron chi connectivity index (χ3n) is 5.60. The van der Waals surface area contributed by atoms with E-state index in [0.717, 1.165) is 48.1 Å². The van der Waals surface area contributed by atoms with Crippen molar-refractivity contribution in [3.63, 3.8) is 0 Å². The number of ether oxygens (including phenoxy) is 2. The summed E-state index contributed by atoms with van der Waals surface area (Å²) in [5.41, 5.74) is 2.90. The Hall–Kier alpha value is -4.55. The number of nitrogens with zero attached hydrogens (tertiary/aromatic N) is 2. The first-order valence-corrected chi connectivity index (χ1v) is 12.1. The molecule has 0 bridgehead atoms.